The molecule has 41 heavy (non-hydrogen) atoms. The first-order chi connectivity index (χ1) is 19.7. The van der Waals surface area contributed by atoms with E-state index in [4.69, 9.17) is 11.6 Å². The van der Waals surface area contributed by atoms with Crippen LogP contribution >= 0.6 is 22.9 Å². The molecule has 1 atom stereocenters. The van der Waals surface area contributed by atoms with E-state index in [-0.39, 0.29) is 49.4 Å². The van der Waals surface area contributed by atoms with Crippen molar-refractivity contribution in [2.45, 2.75) is 37.0 Å². The van der Waals surface area contributed by atoms with Crippen LogP contribution in [0.4, 0.5) is 0 Å². The van der Waals surface area contributed by atoms with Crippen molar-refractivity contribution in [3.05, 3.63) is 50.7 Å². The number of carbonyl (C=O) groups is 2. The number of rotatable bonds is 7. The molecule has 2 amide bonds. The molecule has 0 bridgehead atoms. The smallest absolute Gasteiger partial charge is 0.283 e. The van der Waals surface area contributed by atoms with E-state index >= 15 is 0 Å². The zero-order valence-corrected chi connectivity index (χ0v) is 24.4. The Bertz CT molecular complexity index is 1700. The predicted octanol–water partition coefficient (Wildman–Crippen LogP) is 1.00. The number of piperazine rings is 1. The van der Waals surface area contributed by atoms with Crippen molar-refractivity contribution in [1.82, 2.24) is 50.0 Å². The molecule has 4 aromatic rings. The van der Waals surface area contributed by atoms with Gasteiger partial charge in [0.2, 0.25) is 5.91 Å². The van der Waals surface area contributed by atoms with Crippen LogP contribution in [0.2, 0.25) is 5.02 Å². The van der Waals surface area contributed by atoms with Gasteiger partial charge in [-0.15, -0.1) is 21.5 Å². The Kier molecular flexibility index (Phi) is 7.50. The van der Waals surface area contributed by atoms with Crippen LogP contribution in [0, 0.1) is 0 Å². The van der Waals surface area contributed by atoms with Crippen molar-refractivity contribution >= 4 is 55.7 Å². The minimum absolute atomic E-state index is 0.0200. The van der Waals surface area contributed by atoms with Crippen LogP contribution in [0.3, 0.4) is 0 Å². The molecule has 17 heteroatoms. The number of carbonyl (C=O) groups excluding carboxylic acids is 2. The molecule has 1 unspecified atom stereocenters. The fourth-order valence-electron chi connectivity index (χ4n) is 5.10. The number of amides is 2. The van der Waals surface area contributed by atoms with Crippen LogP contribution in [0.5, 0.6) is 0 Å². The van der Waals surface area contributed by atoms with Crippen LogP contribution < -0.4 is 5.32 Å². The van der Waals surface area contributed by atoms with Gasteiger partial charge in [-0.05, 0) is 31.3 Å². The SMILES string of the molecule is CN1CCc2nc(C(=O)N3CCN(S(=O)(=O)c4cc5cc(Cl)ccc5[nH]4)CC3CC(=O)NCc3nn[nH]n3)sc2C1. The molecular formula is C24H27ClN10O4S2. The zero-order chi connectivity index (χ0) is 28.7. The zero-order valence-electron chi connectivity index (χ0n) is 22.0. The first-order valence-corrected chi connectivity index (χ1v) is 15.6. The van der Waals surface area contributed by atoms with E-state index in [1.807, 2.05) is 7.05 Å². The number of sulfonamides is 1. The summed E-state index contributed by atoms with van der Waals surface area (Å²) < 4.78 is 28.7. The molecule has 2 aliphatic heterocycles. The van der Waals surface area contributed by atoms with E-state index in [1.54, 1.807) is 23.1 Å². The molecule has 2 aliphatic rings. The molecule has 5 heterocycles. The molecule has 0 saturated carbocycles. The second-order valence-electron chi connectivity index (χ2n) is 10.1. The maximum Gasteiger partial charge on any atom is 0.283 e. The molecule has 1 aromatic carbocycles. The number of likely N-dealkylation sites (N-methyl/N-ethyl adjacent to an activating group) is 1. The topological polar surface area (TPSA) is 173 Å². The van der Waals surface area contributed by atoms with Crippen LogP contribution in [0.15, 0.2) is 29.3 Å². The Morgan fingerprint density at radius 1 is 1.22 bits per heavy atom. The molecular weight excluding hydrogens is 592 g/mol. The van der Waals surface area contributed by atoms with Gasteiger partial charge < -0.3 is 20.1 Å². The molecule has 3 N–H and O–H groups in total. The Balaban J connectivity index is 1.24. The number of hydrogen-bond acceptors (Lipinski definition) is 10. The summed E-state index contributed by atoms with van der Waals surface area (Å²) in [6.07, 6.45) is 0.644. The molecule has 14 nitrogen and oxygen atoms in total. The lowest BCUT2D eigenvalue weighted by atomic mass is 10.1. The second kappa shape index (κ2) is 11.1. The molecule has 216 valence electrons. The van der Waals surface area contributed by atoms with Gasteiger partial charge in [-0.25, -0.2) is 13.4 Å². The van der Waals surface area contributed by atoms with Crippen LogP contribution in [-0.4, -0.2) is 104 Å². The summed E-state index contributed by atoms with van der Waals surface area (Å²) in [5.41, 5.74) is 1.56. The van der Waals surface area contributed by atoms with Gasteiger partial charge in [0.1, 0.15) is 5.03 Å². The lowest BCUT2D eigenvalue weighted by Gasteiger charge is -2.40. The van der Waals surface area contributed by atoms with E-state index in [9.17, 15) is 18.0 Å². The predicted molar refractivity (Wildman–Crippen MR) is 150 cm³/mol. The Morgan fingerprint density at radius 3 is 2.88 bits per heavy atom. The average molecular weight is 619 g/mol. The van der Waals surface area contributed by atoms with Gasteiger partial charge in [0.25, 0.3) is 15.9 Å². The number of H-pyrrole nitrogens is 2. The van der Waals surface area contributed by atoms with Crippen molar-refractivity contribution < 1.29 is 18.0 Å². The normalized spacial score (nSPS) is 18.5. The van der Waals surface area contributed by atoms with Gasteiger partial charge in [0.15, 0.2) is 10.8 Å². The van der Waals surface area contributed by atoms with Gasteiger partial charge >= 0.3 is 0 Å². The number of aromatic amines is 2. The summed E-state index contributed by atoms with van der Waals surface area (Å²) in [6.45, 7) is 1.75. The lowest BCUT2D eigenvalue weighted by molar-refractivity contribution is -0.122. The first kappa shape index (κ1) is 27.7. The molecule has 0 spiro atoms. The number of benzene rings is 1. The summed E-state index contributed by atoms with van der Waals surface area (Å²) >= 11 is 7.44. The minimum atomic E-state index is -3.96. The summed E-state index contributed by atoms with van der Waals surface area (Å²) in [4.78, 5) is 39.0. The Labute approximate surface area is 244 Å². The minimum Gasteiger partial charge on any atom is -0.349 e. The van der Waals surface area contributed by atoms with Crippen molar-refractivity contribution in [1.29, 1.82) is 0 Å². The monoisotopic (exact) mass is 618 g/mol. The van der Waals surface area contributed by atoms with Crippen molar-refractivity contribution in [2.75, 3.05) is 33.2 Å². The maximum absolute atomic E-state index is 13.7. The van der Waals surface area contributed by atoms with E-state index in [2.05, 4.69) is 40.8 Å². The molecule has 1 fully saturated rings. The largest absolute Gasteiger partial charge is 0.349 e. The van der Waals surface area contributed by atoms with E-state index < -0.39 is 16.1 Å². The number of hydrogen-bond donors (Lipinski definition) is 3. The third-order valence-corrected chi connectivity index (χ3v) is 10.3. The highest BCUT2D eigenvalue weighted by Crippen LogP contribution is 2.29. The third kappa shape index (κ3) is 5.70. The molecule has 6 rings (SSSR count). The summed E-state index contributed by atoms with van der Waals surface area (Å²) in [5, 5.41) is 17.7. The fourth-order valence-corrected chi connectivity index (χ4v) is 7.91. The van der Waals surface area contributed by atoms with Crippen molar-refractivity contribution in [2.24, 2.45) is 0 Å². The van der Waals surface area contributed by atoms with E-state index in [0.717, 1.165) is 30.1 Å². The molecule has 0 aliphatic carbocycles. The Hall–Kier alpha value is -3.44. The lowest BCUT2D eigenvalue weighted by Crippen LogP contribution is -2.57. The average Bonchev–Trinajstić information content (AvgIpc) is 3.71. The fraction of sp³-hybridized carbons (Fsp3) is 0.417. The number of halogens is 1. The molecule has 1 saturated heterocycles. The van der Waals surface area contributed by atoms with Gasteiger partial charge in [0, 0.05) is 66.4 Å². The summed E-state index contributed by atoms with van der Waals surface area (Å²) in [5.74, 6) is -0.381. The highest BCUT2D eigenvalue weighted by molar-refractivity contribution is 7.89. The number of nitrogens with one attached hydrogen (secondary N) is 3. The first-order valence-electron chi connectivity index (χ1n) is 12.9. The maximum atomic E-state index is 13.7. The number of thiazole rings is 1. The van der Waals surface area contributed by atoms with Crippen LogP contribution in [-0.2, 0) is 34.3 Å². The quantitative estimate of drug-likeness (QED) is 0.273. The van der Waals surface area contributed by atoms with Crippen LogP contribution in [0.1, 0.15) is 32.6 Å². The van der Waals surface area contributed by atoms with Gasteiger partial charge in [0.05, 0.1) is 18.3 Å². The number of aromatic nitrogens is 6. The van der Waals surface area contributed by atoms with Gasteiger partial charge in [-0.1, -0.05) is 16.8 Å². The number of fused-ring (bicyclic) bond motifs is 2. The van der Waals surface area contributed by atoms with E-state index in [0.29, 0.717) is 26.8 Å². The number of nitrogens with zero attached hydrogens (tertiary/aromatic N) is 7. The standard InChI is InChI=1S/C24H27ClN10O4S2/c1-33-5-4-18-19(13-33)40-23(28-18)24(37)35-7-6-34(12-16(35)10-21(36)26-11-20-29-31-32-30-20)41(38,39)22-9-14-8-15(25)2-3-17(14)27-22/h2-3,8-9,16,27H,4-7,10-13H2,1H3,(H,26,36)(H,29,30,31,32). The Morgan fingerprint density at radius 2 is 2.07 bits per heavy atom. The second-order valence-corrected chi connectivity index (χ2v) is 13.5. The van der Waals surface area contributed by atoms with Gasteiger partial charge in [-0.3, -0.25) is 9.59 Å². The van der Waals surface area contributed by atoms with Crippen LogP contribution in [0.25, 0.3) is 10.9 Å². The highest BCUT2D eigenvalue weighted by atomic mass is 35.5. The number of tetrazole rings is 1. The van der Waals surface area contributed by atoms with Crippen molar-refractivity contribution in [3.63, 3.8) is 0 Å². The van der Waals surface area contributed by atoms with Gasteiger partial charge in [-0.2, -0.15) is 9.52 Å². The third-order valence-electron chi connectivity index (χ3n) is 7.24. The summed E-state index contributed by atoms with van der Waals surface area (Å²) in [6, 6.07) is 5.90. The molecule has 3 aromatic heterocycles. The molecule has 0 radical (unpaired) electrons. The van der Waals surface area contributed by atoms with Crippen molar-refractivity contribution in [3.8, 4) is 0 Å². The van der Waals surface area contributed by atoms with E-state index in [1.165, 1.54) is 21.7 Å². The highest BCUT2D eigenvalue weighted by Gasteiger charge is 2.39. The summed E-state index contributed by atoms with van der Waals surface area (Å²) in [7, 11) is -1.94.